The second-order valence-corrected chi connectivity index (χ2v) is 4.34. The molecule has 0 bridgehead atoms. The Morgan fingerprint density at radius 3 is 2.93 bits per heavy atom. The van der Waals surface area contributed by atoms with E-state index < -0.39 is 0 Å². The first-order chi connectivity index (χ1) is 7.29. The molecule has 3 heteroatoms. The number of hydrogen-bond acceptors (Lipinski definition) is 2. The number of fused-ring (bicyclic) bond motifs is 1. The van der Waals surface area contributed by atoms with E-state index in [-0.39, 0.29) is 0 Å². The molecule has 1 aliphatic rings. The molecule has 1 heterocycles. The van der Waals surface area contributed by atoms with Gasteiger partial charge in [-0.3, -0.25) is 4.68 Å². The molecule has 1 fully saturated rings. The predicted molar refractivity (Wildman–Crippen MR) is 60.6 cm³/mol. The van der Waals surface area contributed by atoms with Crippen LogP contribution in [0.5, 0.6) is 0 Å². The lowest BCUT2D eigenvalue weighted by Crippen LogP contribution is -1.96. The van der Waals surface area contributed by atoms with Crippen LogP contribution in [0.4, 0.5) is 0 Å². The van der Waals surface area contributed by atoms with Crippen LogP contribution in [0, 0.1) is 0 Å². The normalized spacial score (nSPS) is 16.1. The van der Waals surface area contributed by atoms with Crippen LogP contribution in [0.2, 0.25) is 0 Å². The van der Waals surface area contributed by atoms with Crippen molar-refractivity contribution in [3.63, 3.8) is 0 Å². The number of nitrogens with two attached hydrogens (primary N) is 1. The number of aromatic nitrogens is 2. The lowest BCUT2D eigenvalue weighted by Gasteiger charge is -2.00. The van der Waals surface area contributed by atoms with Gasteiger partial charge in [-0.05, 0) is 30.5 Å². The van der Waals surface area contributed by atoms with E-state index >= 15 is 0 Å². The second kappa shape index (κ2) is 3.07. The Balaban J connectivity index is 2.26. The third-order valence-electron chi connectivity index (χ3n) is 3.14. The van der Waals surface area contributed by atoms with Crippen LogP contribution in [-0.2, 0) is 13.6 Å². The Morgan fingerprint density at radius 2 is 2.27 bits per heavy atom. The van der Waals surface area contributed by atoms with Gasteiger partial charge in [-0.2, -0.15) is 5.10 Å². The number of benzene rings is 1. The highest BCUT2D eigenvalue weighted by molar-refractivity contribution is 5.83. The van der Waals surface area contributed by atoms with Gasteiger partial charge in [-0.1, -0.05) is 6.07 Å². The van der Waals surface area contributed by atoms with Gasteiger partial charge >= 0.3 is 0 Å². The zero-order valence-corrected chi connectivity index (χ0v) is 8.90. The van der Waals surface area contributed by atoms with E-state index in [2.05, 4.69) is 23.3 Å². The topological polar surface area (TPSA) is 43.8 Å². The summed E-state index contributed by atoms with van der Waals surface area (Å²) < 4.78 is 2.03. The van der Waals surface area contributed by atoms with Crippen LogP contribution in [0.3, 0.4) is 0 Å². The quantitative estimate of drug-likeness (QED) is 0.806. The minimum Gasteiger partial charge on any atom is -0.326 e. The summed E-state index contributed by atoms with van der Waals surface area (Å²) in [6.07, 6.45) is 2.61. The predicted octanol–water partition coefficient (Wildman–Crippen LogP) is 1.91. The molecule has 0 amide bonds. The summed E-state index contributed by atoms with van der Waals surface area (Å²) in [5.74, 6) is 0.730. The molecule has 0 radical (unpaired) electrons. The highest BCUT2D eigenvalue weighted by Gasteiger charge is 2.28. The Kier molecular flexibility index (Phi) is 1.83. The van der Waals surface area contributed by atoms with Gasteiger partial charge in [-0.15, -0.1) is 0 Å². The number of hydrogen-bond donors (Lipinski definition) is 1. The van der Waals surface area contributed by atoms with Crippen LogP contribution < -0.4 is 5.73 Å². The Hall–Kier alpha value is -1.35. The first kappa shape index (κ1) is 8.92. The maximum Gasteiger partial charge on any atom is 0.0926 e. The summed E-state index contributed by atoms with van der Waals surface area (Å²) in [6, 6.07) is 6.32. The fraction of sp³-hybridized carbons (Fsp3) is 0.417. The van der Waals surface area contributed by atoms with Crippen molar-refractivity contribution in [2.75, 3.05) is 0 Å². The van der Waals surface area contributed by atoms with Gasteiger partial charge in [0.25, 0.3) is 0 Å². The van der Waals surface area contributed by atoms with Crippen molar-refractivity contribution in [2.24, 2.45) is 12.8 Å². The van der Waals surface area contributed by atoms with Crippen molar-refractivity contribution in [2.45, 2.75) is 25.3 Å². The van der Waals surface area contributed by atoms with Crippen LogP contribution in [0.15, 0.2) is 18.2 Å². The van der Waals surface area contributed by atoms with Crippen molar-refractivity contribution in [3.8, 4) is 0 Å². The second-order valence-electron chi connectivity index (χ2n) is 4.34. The van der Waals surface area contributed by atoms with Gasteiger partial charge < -0.3 is 5.73 Å². The minimum atomic E-state index is 0.606. The number of nitrogens with zero attached hydrogens (tertiary/aromatic N) is 2. The van der Waals surface area contributed by atoms with Gasteiger partial charge in [-0.25, -0.2) is 0 Å². The Bertz CT molecular complexity index is 509. The number of aryl methyl sites for hydroxylation is 1. The van der Waals surface area contributed by atoms with Gasteiger partial charge in [0.15, 0.2) is 0 Å². The highest BCUT2D eigenvalue weighted by Crippen LogP contribution is 2.42. The fourth-order valence-corrected chi connectivity index (χ4v) is 2.23. The molecule has 0 atom stereocenters. The molecule has 1 aliphatic carbocycles. The monoisotopic (exact) mass is 201 g/mol. The summed E-state index contributed by atoms with van der Waals surface area (Å²) in [7, 11) is 2.04. The summed E-state index contributed by atoms with van der Waals surface area (Å²) in [5, 5.41) is 5.82. The van der Waals surface area contributed by atoms with Crippen LogP contribution in [0.25, 0.3) is 10.9 Å². The summed E-state index contributed by atoms with van der Waals surface area (Å²) in [4.78, 5) is 0. The lowest BCUT2D eigenvalue weighted by atomic mass is 10.1. The third-order valence-corrected chi connectivity index (χ3v) is 3.14. The Morgan fingerprint density at radius 1 is 1.47 bits per heavy atom. The molecule has 0 unspecified atom stereocenters. The third kappa shape index (κ3) is 1.35. The van der Waals surface area contributed by atoms with Gasteiger partial charge in [0.1, 0.15) is 0 Å². The Labute approximate surface area is 88.9 Å². The zero-order chi connectivity index (χ0) is 10.4. The smallest absolute Gasteiger partial charge is 0.0926 e. The van der Waals surface area contributed by atoms with Crippen LogP contribution in [-0.4, -0.2) is 9.78 Å². The molecular formula is C12H15N3. The molecule has 0 saturated heterocycles. The van der Waals surface area contributed by atoms with Crippen molar-refractivity contribution < 1.29 is 0 Å². The molecule has 0 spiro atoms. The maximum absolute atomic E-state index is 5.66. The largest absolute Gasteiger partial charge is 0.326 e. The first-order valence-electron chi connectivity index (χ1n) is 5.45. The van der Waals surface area contributed by atoms with Crippen molar-refractivity contribution in [3.05, 3.63) is 29.5 Å². The van der Waals surface area contributed by atoms with Crippen molar-refractivity contribution in [1.82, 2.24) is 9.78 Å². The average molecular weight is 201 g/mol. The van der Waals surface area contributed by atoms with Gasteiger partial charge in [0.2, 0.25) is 0 Å². The van der Waals surface area contributed by atoms with E-state index in [9.17, 15) is 0 Å². The van der Waals surface area contributed by atoms with E-state index in [1.165, 1.54) is 29.5 Å². The molecule has 78 valence electrons. The van der Waals surface area contributed by atoms with Gasteiger partial charge in [0.05, 0.1) is 5.52 Å². The summed E-state index contributed by atoms with van der Waals surface area (Å²) >= 11 is 0. The molecule has 1 saturated carbocycles. The van der Waals surface area contributed by atoms with E-state index in [1.54, 1.807) is 0 Å². The molecular weight excluding hydrogens is 186 g/mol. The maximum atomic E-state index is 5.66. The molecule has 3 rings (SSSR count). The molecule has 0 aliphatic heterocycles. The minimum absolute atomic E-state index is 0.606. The molecule has 1 aromatic carbocycles. The van der Waals surface area contributed by atoms with Gasteiger partial charge in [0, 0.05) is 30.6 Å². The summed E-state index contributed by atoms with van der Waals surface area (Å²) in [5.41, 5.74) is 9.34. The zero-order valence-electron chi connectivity index (χ0n) is 8.90. The van der Waals surface area contributed by atoms with Crippen LogP contribution in [0.1, 0.15) is 30.0 Å². The molecule has 15 heavy (non-hydrogen) atoms. The van der Waals surface area contributed by atoms with Crippen molar-refractivity contribution in [1.29, 1.82) is 0 Å². The van der Waals surface area contributed by atoms with Crippen molar-refractivity contribution >= 4 is 10.9 Å². The van der Waals surface area contributed by atoms with Crippen LogP contribution >= 0.6 is 0 Å². The standard InChI is InChI=1S/C12H15N3/c1-15-12(9-3-4-9)10-6-8(7-13)2-5-11(10)14-15/h2,5-6,9H,3-4,7,13H2,1H3. The fourth-order valence-electron chi connectivity index (χ4n) is 2.23. The molecule has 2 aromatic rings. The SMILES string of the molecule is Cn1nc2ccc(CN)cc2c1C1CC1. The highest BCUT2D eigenvalue weighted by atomic mass is 15.3. The van der Waals surface area contributed by atoms with E-state index in [4.69, 9.17) is 5.73 Å². The van der Waals surface area contributed by atoms with E-state index in [1.807, 2.05) is 11.7 Å². The average Bonchev–Trinajstić information content (AvgIpc) is 3.00. The lowest BCUT2D eigenvalue weighted by molar-refractivity contribution is 0.723. The molecule has 3 nitrogen and oxygen atoms in total. The summed E-state index contributed by atoms with van der Waals surface area (Å²) in [6.45, 7) is 0.606. The molecule has 2 N–H and O–H groups in total. The van der Waals surface area contributed by atoms with E-state index in [0.29, 0.717) is 6.54 Å². The number of rotatable bonds is 2. The van der Waals surface area contributed by atoms with E-state index in [0.717, 1.165) is 11.4 Å². The molecule has 1 aromatic heterocycles. The first-order valence-corrected chi connectivity index (χ1v) is 5.45.